The second kappa shape index (κ2) is 8.48. The smallest absolute Gasteiger partial charge is 0.250 e. The minimum atomic E-state index is 0.00328. The number of rotatable bonds is 7. The molecule has 9 nitrogen and oxygen atoms in total. The Labute approximate surface area is 156 Å². The molecule has 0 unspecified atom stereocenters. The van der Waals surface area contributed by atoms with Gasteiger partial charge in [-0.3, -0.25) is 0 Å². The molecule has 0 atom stereocenters. The third-order valence-corrected chi connectivity index (χ3v) is 3.51. The summed E-state index contributed by atoms with van der Waals surface area (Å²) in [5.74, 6) is 1.36. The van der Waals surface area contributed by atoms with Gasteiger partial charge in [-0.25, -0.2) is 5.43 Å². The van der Waals surface area contributed by atoms with E-state index in [1.165, 1.54) is 13.3 Å². The Kier molecular flexibility index (Phi) is 5.63. The molecule has 27 heavy (non-hydrogen) atoms. The first-order valence-corrected chi connectivity index (χ1v) is 8.10. The number of hydrogen-bond donors (Lipinski definition) is 4. The molecule has 1 aromatic heterocycles. The van der Waals surface area contributed by atoms with Gasteiger partial charge in [0, 0.05) is 18.3 Å². The molecule has 9 heteroatoms. The number of nitrogens with one attached hydrogen (secondary N) is 3. The van der Waals surface area contributed by atoms with Crippen molar-refractivity contribution in [1.29, 1.82) is 0 Å². The number of hydrogen-bond acceptors (Lipinski definition) is 9. The van der Waals surface area contributed by atoms with Gasteiger partial charge in [-0.2, -0.15) is 20.1 Å². The number of hydrazone groups is 1. The van der Waals surface area contributed by atoms with E-state index >= 15 is 0 Å². The number of phenols is 1. The lowest BCUT2D eigenvalue weighted by molar-refractivity contribution is 0.373. The molecular weight excluding hydrogens is 346 g/mol. The van der Waals surface area contributed by atoms with Gasteiger partial charge in [-0.15, -0.1) is 0 Å². The van der Waals surface area contributed by atoms with Crippen molar-refractivity contribution in [1.82, 2.24) is 15.0 Å². The molecule has 0 spiro atoms. The van der Waals surface area contributed by atoms with E-state index in [4.69, 9.17) is 4.74 Å². The lowest BCUT2D eigenvalue weighted by atomic mass is 10.2. The first-order valence-electron chi connectivity index (χ1n) is 8.10. The van der Waals surface area contributed by atoms with Crippen LogP contribution in [0.3, 0.4) is 0 Å². The molecule has 0 radical (unpaired) electrons. The van der Waals surface area contributed by atoms with Gasteiger partial charge in [0.15, 0.2) is 11.5 Å². The fourth-order valence-electron chi connectivity index (χ4n) is 2.21. The van der Waals surface area contributed by atoms with Crippen molar-refractivity contribution in [2.45, 2.75) is 0 Å². The van der Waals surface area contributed by atoms with Gasteiger partial charge >= 0.3 is 0 Å². The molecule has 0 aliphatic carbocycles. The highest BCUT2D eigenvalue weighted by Gasteiger charge is 2.07. The molecular formula is C18H19N7O2. The van der Waals surface area contributed by atoms with Gasteiger partial charge in [-0.05, 0) is 24.3 Å². The van der Waals surface area contributed by atoms with Crippen LogP contribution >= 0.6 is 0 Å². The van der Waals surface area contributed by atoms with E-state index < -0.39 is 0 Å². The third kappa shape index (κ3) is 4.60. The van der Waals surface area contributed by atoms with Crippen molar-refractivity contribution in [3.8, 4) is 11.5 Å². The van der Waals surface area contributed by atoms with E-state index in [0.29, 0.717) is 23.2 Å². The van der Waals surface area contributed by atoms with Crippen LogP contribution in [0.15, 0.2) is 53.6 Å². The van der Waals surface area contributed by atoms with E-state index in [-0.39, 0.29) is 11.7 Å². The van der Waals surface area contributed by atoms with E-state index in [0.717, 1.165) is 5.69 Å². The number of aromatic nitrogens is 3. The molecule has 1 heterocycles. The fraction of sp³-hybridized carbons (Fsp3) is 0.111. The standard InChI is InChI=1S/C18H19N7O2/c1-19-16-22-17(21-13-8-4-3-5-9-13)24-18(23-16)25-20-11-12-7-6-10-14(27-2)15(12)26/h3-11,26H,1-2H3,(H3,19,21,22,23,24,25). The van der Waals surface area contributed by atoms with Crippen molar-refractivity contribution in [2.24, 2.45) is 5.10 Å². The second-order valence-electron chi connectivity index (χ2n) is 5.32. The largest absolute Gasteiger partial charge is 0.504 e. The molecule has 138 valence electrons. The molecule has 2 aromatic carbocycles. The van der Waals surface area contributed by atoms with Crippen LogP contribution in [0.2, 0.25) is 0 Å². The molecule has 0 saturated carbocycles. The van der Waals surface area contributed by atoms with E-state index in [9.17, 15) is 5.11 Å². The number of benzene rings is 2. The van der Waals surface area contributed by atoms with Gasteiger partial charge in [0.1, 0.15) is 0 Å². The number of methoxy groups -OCH3 is 1. The monoisotopic (exact) mass is 365 g/mol. The van der Waals surface area contributed by atoms with Crippen molar-refractivity contribution in [2.75, 3.05) is 30.2 Å². The summed E-state index contributed by atoms with van der Waals surface area (Å²) >= 11 is 0. The van der Waals surface area contributed by atoms with Crippen molar-refractivity contribution in [3.63, 3.8) is 0 Å². The lowest BCUT2D eigenvalue weighted by Crippen LogP contribution is -2.07. The molecule has 4 N–H and O–H groups in total. The summed E-state index contributed by atoms with van der Waals surface area (Å²) in [6, 6.07) is 14.7. The van der Waals surface area contributed by atoms with E-state index in [1.807, 2.05) is 30.3 Å². The minimum Gasteiger partial charge on any atom is -0.504 e. The average molecular weight is 365 g/mol. The van der Waals surface area contributed by atoms with Crippen molar-refractivity contribution < 1.29 is 9.84 Å². The molecule has 3 aromatic rings. The Morgan fingerprint density at radius 1 is 0.963 bits per heavy atom. The Balaban J connectivity index is 1.77. The quantitative estimate of drug-likeness (QED) is 0.373. The SMILES string of the molecule is CNc1nc(NN=Cc2cccc(OC)c2O)nc(Nc2ccccc2)n1. The van der Waals surface area contributed by atoms with Crippen LogP contribution in [0.4, 0.5) is 23.5 Å². The molecule has 3 rings (SSSR count). The Hall–Kier alpha value is -3.88. The minimum absolute atomic E-state index is 0.00328. The summed E-state index contributed by atoms with van der Waals surface area (Å²) < 4.78 is 5.07. The zero-order valence-electron chi connectivity index (χ0n) is 14.8. The zero-order chi connectivity index (χ0) is 19.1. The first-order chi connectivity index (χ1) is 13.2. The highest BCUT2D eigenvalue weighted by atomic mass is 16.5. The van der Waals surface area contributed by atoms with Gasteiger partial charge in [-0.1, -0.05) is 24.3 Å². The maximum absolute atomic E-state index is 10.1. The van der Waals surface area contributed by atoms with Gasteiger partial charge in [0.05, 0.1) is 13.3 Å². The van der Waals surface area contributed by atoms with Crippen LogP contribution in [-0.4, -0.2) is 40.4 Å². The number of anilines is 4. The fourth-order valence-corrected chi connectivity index (χ4v) is 2.21. The van der Waals surface area contributed by atoms with E-state index in [2.05, 4.69) is 36.1 Å². The van der Waals surface area contributed by atoms with Crippen molar-refractivity contribution in [3.05, 3.63) is 54.1 Å². The third-order valence-electron chi connectivity index (χ3n) is 3.51. The normalized spacial score (nSPS) is 10.6. The van der Waals surface area contributed by atoms with Crippen LogP contribution in [0, 0.1) is 0 Å². The Morgan fingerprint density at radius 2 is 1.70 bits per heavy atom. The van der Waals surface area contributed by atoms with Gasteiger partial charge in [0.25, 0.3) is 0 Å². The summed E-state index contributed by atoms with van der Waals surface area (Å²) in [4.78, 5) is 12.7. The second-order valence-corrected chi connectivity index (χ2v) is 5.32. The molecule has 0 aliphatic heterocycles. The van der Waals surface area contributed by atoms with Crippen molar-refractivity contribution >= 4 is 29.7 Å². The number of aromatic hydroxyl groups is 1. The van der Waals surface area contributed by atoms with Crippen LogP contribution in [0.1, 0.15) is 5.56 Å². The predicted octanol–water partition coefficient (Wildman–Crippen LogP) is 2.82. The van der Waals surface area contributed by atoms with Crippen LogP contribution in [0.25, 0.3) is 0 Å². The number of nitrogens with zero attached hydrogens (tertiary/aromatic N) is 4. The van der Waals surface area contributed by atoms with Crippen LogP contribution in [0.5, 0.6) is 11.5 Å². The first kappa shape index (κ1) is 17.9. The van der Waals surface area contributed by atoms with Crippen LogP contribution < -0.4 is 20.8 Å². The summed E-state index contributed by atoms with van der Waals surface area (Å²) in [7, 11) is 3.20. The maximum Gasteiger partial charge on any atom is 0.250 e. The maximum atomic E-state index is 10.1. The number of phenolic OH excluding ortho intramolecular Hbond substituents is 1. The highest BCUT2D eigenvalue weighted by molar-refractivity contribution is 5.85. The summed E-state index contributed by atoms with van der Waals surface area (Å²) in [5, 5.41) is 20.1. The molecule has 0 amide bonds. The summed E-state index contributed by atoms with van der Waals surface area (Å²) in [6.07, 6.45) is 1.45. The van der Waals surface area contributed by atoms with Gasteiger partial charge < -0.3 is 20.5 Å². The molecule has 0 bridgehead atoms. The van der Waals surface area contributed by atoms with Gasteiger partial charge in [0.2, 0.25) is 17.8 Å². The molecule has 0 aliphatic rings. The number of ether oxygens (including phenoxy) is 1. The van der Waals surface area contributed by atoms with Crippen LogP contribution in [-0.2, 0) is 0 Å². The topological polar surface area (TPSA) is 117 Å². The lowest BCUT2D eigenvalue weighted by Gasteiger charge is -2.08. The summed E-state index contributed by atoms with van der Waals surface area (Å²) in [6.45, 7) is 0. The summed E-state index contributed by atoms with van der Waals surface area (Å²) in [5.41, 5.74) is 4.08. The Morgan fingerprint density at radius 3 is 2.44 bits per heavy atom. The molecule has 0 fully saturated rings. The predicted molar refractivity (Wildman–Crippen MR) is 105 cm³/mol. The Bertz CT molecular complexity index is 932. The zero-order valence-corrected chi connectivity index (χ0v) is 14.8. The highest BCUT2D eigenvalue weighted by Crippen LogP contribution is 2.28. The number of para-hydroxylation sites is 2. The average Bonchev–Trinajstić information content (AvgIpc) is 2.70. The van der Waals surface area contributed by atoms with E-state index in [1.54, 1.807) is 25.2 Å². The molecule has 0 saturated heterocycles.